The molecular weight excluding hydrogens is 334 g/mol. The number of amides is 2. The quantitative estimate of drug-likeness (QED) is 0.795. The van der Waals surface area contributed by atoms with E-state index in [4.69, 9.17) is 9.47 Å². The van der Waals surface area contributed by atoms with Crippen molar-refractivity contribution in [3.8, 4) is 11.5 Å². The third-order valence-corrected chi connectivity index (χ3v) is 3.54. The molecule has 7 nitrogen and oxygen atoms in total. The molecule has 2 amide bonds. The number of anilines is 1. The van der Waals surface area contributed by atoms with Crippen LogP contribution in [0.5, 0.6) is 11.5 Å². The first kappa shape index (κ1) is 19.2. The van der Waals surface area contributed by atoms with Crippen molar-refractivity contribution in [1.29, 1.82) is 0 Å². The van der Waals surface area contributed by atoms with Crippen LogP contribution >= 0.6 is 0 Å². The molecule has 0 saturated carbocycles. The fourth-order valence-electron chi connectivity index (χ4n) is 2.16. The summed E-state index contributed by atoms with van der Waals surface area (Å²) in [6.07, 6.45) is 0. The van der Waals surface area contributed by atoms with Crippen LogP contribution in [0.4, 0.5) is 5.69 Å². The second kappa shape index (κ2) is 8.84. The number of nitrogens with zero attached hydrogens (tertiary/aromatic N) is 1. The topological polar surface area (TPSA) is 89.5 Å². The van der Waals surface area contributed by atoms with Crippen molar-refractivity contribution < 1.29 is 19.1 Å². The van der Waals surface area contributed by atoms with Gasteiger partial charge < -0.3 is 20.1 Å². The van der Waals surface area contributed by atoms with Crippen molar-refractivity contribution in [3.05, 3.63) is 47.8 Å². The number of hydrogen-bond donors (Lipinski definition) is 2. The fraction of sp³-hybridized carbons (Fsp3) is 0.316. The van der Waals surface area contributed by atoms with Crippen LogP contribution in [0.1, 0.15) is 34.8 Å². The maximum atomic E-state index is 12.5. The Bertz CT molecular complexity index is 790. The third-order valence-electron chi connectivity index (χ3n) is 3.54. The Labute approximate surface area is 152 Å². The van der Waals surface area contributed by atoms with E-state index < -0.39 is 5.91 Å². The Balaban J connectivity index is 2.15. The van der Waals surface area contributed by atoms with Gasteiger partial charge in [-0.3, -0.25) is 9.59 Å². The number of ether oxygens (including phenoxy) is 2. The predicted octanol–water partition coefficient (Wildman–Crippen LogP) is 2.74. The zero-order chi connectivity index (χ0) is 19.1. The minimum Gasteiger partial charge on any atom is -0.497 e. The molecule has 2 N–H and O–H groups in total. The number of nitrogens with one attached hydrogen (secondary N) is 2. The average molecular weight is 357 g/mol. The number of hydrogen-bond acceptors (Lipinski definition) is 5. The molecule has 1 aromatic heterocycles. The molecule has 0 aliphatic heterocycles. The van der Waals surface area contributed by atoms with E-state index in [2.05, 4.69) is 15.6 Å². The van der Waals surface area contributed by atoms with Gasteiger partial charge >= 0.3 is 0 Å². The lowest BCUT2D eigenvalue weighted by Crippen LogP contribution is -2.28. The first-order chi connectivity index (χ1) is 12.4. The van der Waals surface area contributed by atoms with E-state index in [0.29, 0.717) is 29.6 Å². The molecule has 2 rings (SSSR count). The van der Waals surface area contributed by atoms with Gasteiger partial charge in [-0.05, 0) is 30.2 Å². The van der Waals surface area contributed by atoms with E-state index in [9.17, 15) is 9.59 Å². The Morgan fingerprint density at radius 1 is 1.04 bits per heavy atom. The standard InChI is InChI=1S/C19H23N3O4/c1-12(2)11-20-18(23)15-6-5-7-16(21-15)19(24)22-14-9-8-13(25-3)10-17(14)26-4/h5-10,12H,11H2,1-4H3,(H,20,23)(H,22,24). The van der Waals surface area contributed by atoms with Crippen molar-refractivity contribution in [2.45, 2.75) is 13.8 Å². The Morgan fingerprint density at radius 3 is 2.35 bits per heavy atom. The maximum Gasteiger partial charge on any atom is 0.274 e. The van der Waals surface area contributed by atoms with Gasteiger partial charge in [0.2, 0.25) is 0 Å². The lowest BCUT2D eigenvalue weighted by molar-refractivity contribution is 0.0944. The van der Waals surface area contributed by atoms with Crippen LogP contribution in [0, 0.1) is 5.92 Å². The van der Waals surface area contributed by atoms with Crippen molar-refractivity contribution >= 4 is 17.5 Å². The molecule has 0 unspecified atom stereocenters. The van der Waals surface area contributed by atoms with Crippen LogP contribution in [-0.2, 0) is 0 Å². The number of carbonyl (C=O) groups is 2. The number of methoxy groups -OCH3 is 2. The highest BCUT2D eigenvalue weighted by molar-refractivity contribution is 6.04. The molecule has 2 aromatic rings. The number of rotatable bonds is 7. The summed E-state index contributed by atoms with van der Waals surface area (Å²) < 4.78 is 10.4. The molecule has 0 atom stereocenters. The van der Waals surface area contributed by atoms with Gasteiger partial charge in [-0.25, -0.2) is 4.98 Å². The summed E-state index contributed by atoms with van der Waals surface area (Å²) in [5, 5.41) is 5.51. The molecule has 1 heterocycles. The molecule has 138 valence electrons. The van der Waals surface area contributed by atoms with Gasteiger partial charge in [0.15, 0.2) is 0 Å². The highest BCUT2D eigenvalue weighted by Gasteiger charge is 2.15. The van der Waals surface area contributed by atoms with E-state index in [0.717, 1.165) is 0 Å². The largest absolute Gasteiger partial charge is 0.497 e. The number of benzene rings is 1. The first-order valence-electron chi connectivity index (χ1n) is 8.23. The van der Waals surface area contributed by atoms with Crippen LogP contribution in [0.15, 0.2) is 36.4 Å². The Kier molecular flexibility index (Phi) is 6.54. The van der Waals surface area contributed by atoms with E-state index >= 15 is 0 Å². The van der Waals surface area contributed by atoms with Crippen molar-refractivity contribution in [1.82, 2.24) is 10.3 Å². The number of pyridine rings is 1. The Hall–Kier alpha value is -3.09. The van der Waals surface area contributed by atoms with E-state index in [1.54, 1.807) is 43.5 Å². The summed E-state index contributed by atoms with van der Waals surface area (Å²) in [5.74, 6) is 0.653. The zero-order valence-corrected chi connectivity index (χ0v) is 15.3. The Morgan fingerprint density at radius 2 is 1.73 bits per heavy atom. The van der Waals surface area contributed by atoms with Crippen molar-refractivity contribution in [2.24, 2.45) is 5.92 Å². The minimum absolute atomic E-state index is 0.139. The van der Waals surface area contributed by atoms with E-state index in [1.165, 1.54) is 7.11 Å². The fourth-order valence-corrected chi connectivity index (χ4v) is 2.16. The van der Waals surface area contributed by atoms with Crippen molar-refractivity contribution in [2.75, 3.05) is 26.1 Å². The molecule has 0 radical (unpaired) electrons. The SMILES string of the molecule is COc1ccc(NC(=O)c2cccc(C(=O)NCC(C)C)n2)c(OC)c1. The molecule has 0 spiro atoms. The summed E-state index contributed by atoms with van der Waals surface area (Å²) in [4.78, 5) is 28.7. The van der Waals surface area contributed by atoms with Gasteiger partial charge in [0.25, 0.3) is 11.8 Å². The molecule has 7 heteroatoms. The van der Waals surface area contributed by atoms with E-state index in [-0.39, 0.29) is 17.3 Å². The zero-order valence-electron chi connectivity index (χ0n) is 15.3. The average Bonchev–Trinajstić information content (AvgIpc) is 2.66. The summed E-state index contributed by atoms with van der Waals surface area (Å²) in [6, 6.07) is 9.79. The van der Waals surface area contributed by atoms with Gasteiger partial charge in [-0.15, -0.1) is 0 Å². The van der Waals surface area contributed by atoms with E-state index in [1.807, 2.05) is 13.8 Å². The number of aromatic nitrogens is 1. The molecule has 0 saturated heterocycles. The van der Waals surface area contributed by atoms with Gasteiger partial charge in [-0.1, -0.05) is 19.9 Å². The predicted molar refractivity (Wildman–Crippen MR) is 98.9 cm³/mol. The monoisotopic (exact) mass is 357 g/mol. The van der Waals surface area contributed by atoms with Gasteiger partial charge in [0, 0.05) is 12.6 Å². The summed E-state index contributed by atoms with van der Waals surface area (Å²) in [7, 11) is 3.05. The second-order valence-electron chi connectivity index (χ2n) is 6.03. The summed E-state index contributed by atoms with van der Waals surface area (Å²) in [5.41, 5.74) is 0.815. The molecule has 0 bridgehead atoms. The summed E-state index contributed by atoms with van der Waals surface area (Å²) in [6.45, 7) is 4.54. The van der Waals surface area contributed by atoms with Gasteiger partial charge in [-0.2, -0.15) is 0 Å². The molecule has 0 aliphatic carbocycles. The second-order valence-corrected chi connectivity index (χ2v) is 6.03. The molecular formula is C19H23N3O4. The van der Waals surface area contributed by atoms with Crippen LogP contribution in [0.3, 0.4) is 0 Å². The van der Waals surface area contributed by atoms with Crippen LogP contribution in [0.2, 0.25) is 0 Å². The van der Waals surface area contributed by atoms with Crippen LogP contribution in [-0.4, -0.2) is 37.6 Å². The third kappa shape index (κ3) is 4.95. The molecule has 1 aromatic carbocycles. The smallest absolute Gasteiger partial charge is 0.274 e. The highest BCUT2D eigenvalue weighted by Crippen LogP contribution is 2.29. The molecule has 0 aliphatic rings. The normalized spacial score (nSPS) is 10.3. The van der Waals surface area contributed by atoms with Crippen LogP contribution < -0.4 is 20.1 Å². The summed E-state index contributed by atoms with van der Waals surface area (Å²) >= 11 is 0. The molecule has 0 fully saturated rings. The van der Waals surface area contributed by atoms with Crippen molar-refractivity contribution in [3.63, 3.8) is 0 Å². The van der Waals surface area contributed by atoms with Gasteiger partial charge in [0.05, 0.1) is 19.9 Å². The number of carbonyl (C=O) groups excluding carboxylic acids is 2. The minimum atomic E-state index is -0.438. The lowest BCUT2D eigenvalue weighted by atomic mass is 10.2. The lowest BCUT2D eigenvalue weighted by Gasteiger charge is -2.12. The maximum absolute atomic E-state index is 12.5. The first-order valence-corrected chi connectivity index (χ1v) is 8.23. The van der Waals surface area contributed by atoms with Gasteiger partial charge in [0.1, 0.15) is 22.9 Å². The van der Waals surface area contributed by atoms with Crippen LogP contribution in [0.25, 0.3) is 0 Å². The molecule has 26 heavy (non-hydrogen) atoms. The highest BCUT2D eigenvalue weighted by atomic mass is 16.5.